The Morgan fingerprint density at radius 2 is 2.20 bits per heavy atom. The Morgan fingerprint density at radius 1 is 1.47 bits per heavy atom. The zero-order valence-electron chi connectivity index (χ0n) is 9.34. The molecular weight excluding hydrogens is 204 g/mol. The molecule has 1 aromatic rings. The molecule has 1 fully saturated rings. The Balaban J connectivity index is 1.96. The van der Waals surface area contributed by atoms with E-state index in [2.05, 4.69) is 23.7 Å². The predicted molar refractivity (Wildman–Crippen MR) is 69.6 cm³/mol. The summed E-state index contributed by atoms with van der Waals surface area (Å²) in [5.74, 6) is 0. The third kappa shape index (κ3) is 2.40. The topological polar surface area (TPSA) is 38.0 Å². The molecule has 0 radical (unpaired) electrons. The van der Waals surface area contributed by atoms with Crippen LogP contribution in [-0.4, -0.2) is 17.5 Å². The van der Waals surface area contributed by atoms with Gasteiger partial charge in [-0.2, -0.15) is 11.8 Å². The highest BCUT2D eigenvalue weighted by Crippen LogP contribution is 2.47. The summed E-state index contributed by atoms with van der Waals surface area (Å²) in [7, 11) is 0. The number of nitrogens with one attached hydrogen (secondary N) is 1. The molecule has 2 rings (SSSR count). The summed E-state index contributed by atoms with van der Waals surface area (Å²) < 4.78 is 0.509. The van der Waals surface area contributed by atoms with Gasteiger partial charge in [-0.1, -0.05) is 0 Å². The maximum absolute atomic E-state index is 5.78. The van der Waals surface area contributed by atoms with E-state index >= 15 is 0 Å². The number of aryl methyl sites for hydroxylation is 1. The minimum Gasteiger partial charge on any atom is -0.399 e. The number of hydrogen-bond donors (Lipinski definition) is 2. The first-order valence-electron chi connectivity index (χ1n) is 5.30. The Hall–Kier alpha value is -0.830. The van der Waals surface area contributed by atoms with Crippen LogP contribution in [0.5, 0.6) is 0 Å². The molecule has 0 aromatic heterocycles. The first-order chi connectivity index (χ1) is 7.15. The minimum atomic E-state index is 0.509. The van der Waals surface area contributed by atoms with Crippen LogP contribution in [0.1, 0.15) is 18.4 Å². The molecule has 0 bridgehead atoms. The van der Waals surface area contributed by atoms with Crippen LogP contribution in [0.4, 0.5) is 11.4 Å². The fraction of sp³-hybridized carbons (Fsp3) is 0.500. The van der Waals surface area contributed by atoms with Crippen LogP contribution in [0.15, 0.2) is 18.2 Å². The van der Waals surface area contributed by atoms with Gasteiger partial charge in [-0.15, -0.1) is 0 Å². The molecule has 0 heterocycles. The van der Waals surface area contributed by atoms with Crippen molar-refractivity contribution >= 4 is 23.1 Å². The summed E-state index contributed by atoms with van der Waals surface area (Å²) >= 11 is 1.98. The number of anilines is 2. The first kappa shape index (κ1) is 10.7. The van der Waals surface area contributed by atoms with E-state index in [1.807, 2.05) is 24.8 Å². The van der Waals surface area contributed by atoms with Crippen molar-refractivity contribution in [1.29, 1.82) is 0 Å². The number of nitrogen functional groups attached to an aromatic ring is 1. The molecule has 1 aliphatic carbocycles. The molecule has 2 nitrogen and oxygen atoms in total. The lowest BCUT2D eigenvalue weighted by Gasteiger charge is -2.14. The van der Waals surface area contributed by atoms with Crippen LogP contribution in [0, 0.1) is 6.92 Å². The van der Waals surface area contributed by atoms with Crippen LogP contribution in [-0.2, 0) is 0 Å². The average Bonchev–Trinajstić information content (AvgIpc) is 3.01. The Bertz CT molecular complexity index is 359. The van der Waals surface area contributed by atoms with Crippen molar-refractivity contribution in [2.24, 2.45) is 0 Å². The highest BCUT2D eigenvalue weighted by molar-refractivity contribution is 8.00. The normalized spacial score (nSPS) is 17.5. The summed E-state index contributed by atoms with van der Waals surface area (Å²) in [5, 5.41) is 3.49. The Kier molecular flexibility index (Phi) is 2.83. The minimum absolute atomic E-state index is 0.509. The Morgan fingerprint density at radius 3 is 2.73 bits per heavy atom. The van der Waals surface area contributed by atoms with Gasteiger partial charge in [0.25, 0.3) is 0 Å². The molecular formula is C12H18N2S. The van der Waals surface area contributed by atoms with E-state index in [9.17, 15) is 0 Å². The number of rotatable bonds is 4. The highest BCUT2D eigenvalue weighted by Gasteiger charge is 2.41. The van der Waals surface area contributed by atoms with E-state index in [4.69, 9.17) is 5.73 Å². The molecule has 3 heteroatoms. The summed E-state index contributed by atoms with van der Waals surface area (Å²) in [6.07, 6.45) is 4.88. The molecule has 0 saturated heterocycles. The van der Waals surface area contributed by atoms with Crippen molar-refractivity contribution in [3.8, 4) is 0 Å². The van der Waals surface area contributed by atoms with E-state index in [1.165, 1.54) is 18.5 Å². The van der Waals surface area contributed by atoms with Crippen molar-refractivity contribution in [2.45, 2.75) is 24.5 Å². The second-order valence-corrected chi connectivity index (χ2v) is 5.59. The van der Waals surface area contributed by atoms with Gasteiger partial charge in [0.2, 0.25) is 0 Å². The van der Waals surface area contributed by atoms with Crippen LogP contribution in [0.25, 0.3) is 0 Å². The van der Waals surface area contributed by atoms with Crippen LogP contribution in [0.3, 0.4) is 0 Å². The van der Waals surface area contributed by atoms with Crippen molar-refractivity contribution in [1.82, 2.24) is 0 Å². The van der Waals surface area contributed by atoms with Crippen molar-refractivity contribution in [3.63, 3.8) is 0 Å². The van der Waals surface area contributed by atoms with Gasteiger partial charge in [0.15, 0.2) is 0 Å². The number of nitrogens with two attached hydrogens (primary N) is 1. The van der Waals surface area contributed by atoms with Gasteiger partial charge in [-0.3, -0.25) is 0 Å². The first-order valence-corrected chi connectivity index (χ1v) is 6.53. The second-order valence-electron chi connectivity index (χ2n) is 4.31. The van der Waals surface area contributed by atoms with Crippen molar-refractivity contribution < 1.29 is 0 Å². The monoisotopic (exact) mass is 222 g/mol. The molecule has 0 amide bonds. The molecule has 0 unspecified atom stereocenters. The van der Waals surface area contributed by atoms with Crippen molar-refractivity contribution in [3.05, 3.63) is 23.8 Å². The van der Waals surface area contributed by atoms with Gasteiger partial charge >= 0.3 is 0 Å². The zero-order valence-corrected chi connectivity index (χ0v) is 10.2. The molecule has 0 aliphatic heterocycles. The van der Waals surface area contributed by atoms with Crippen LogP contribution < -0.4 is 11.1 Å². The molecule has 0 atom stereocenters. The van der Waals surface area contributed by atoms with Gasteiger partial charge in [-0.25, -0.2) is 0 Å². The van der Waals surface area contributed by atoms with Gasteiger partial charge < -0.3 is 11.1 Å². The summed E-state index contributed by atoms with van der Waals surface area (Å²) in [6.45, 7) is 3.11. The van der Waals surface area contributed by atoms with Gasteiger partial charge in [-0.05, 0) is 49.8 Å². The van der Waals surface area contributed by atoms with E-state index in [0.29, 0.717) is 4.75 Å². The van der Waals surface area contributed by atoms with Crippen molar-refractivity contribution in [2.75, 3.05) is 23.9 Å². The molecule has 15 heavy (non-hydrogen) atoms. The smallest absolute Gasteiger partial charge is 0.0345 e. The fourth-order valence-corrected chi connectivity index (χ4v) is 2.37. The van der Waals surface area contributed by atoms with Gasteiger partial charge in [0.1, 0.15) is 0 Å². The number of benzene rings is 1. The maximum Gasteiger partial charge on any atom is 0.0345 e. The summed E-state index contributed by atoms with van der Waals surface area (Å²) in [5.41, 5.74) is 8.97. The molecule has 82 valence electrons. The van der Waals surface area contributed by atoms with Crippen LogP contribution >= 0.6 is 11.8 Å². The highest BCUT2D eigenvalue weighted by atomic mass is 32.2. The van der Waals surface area contributed by atoms with Gasteiger partial charge in [0, 0.05) is 22.7 Å². The molecule has 1 saturated carbocycles. The maximum atomic E-state index is 5.78. The standard InChI is InChI=1S/C12H18N2S/c1-9-7-10(3-4-11(9)13)14-8-12(15-2)5-6-12/h3-4,7,14H,5-6,8,13H2,1-2H3. The molecule has 3 N–H and O–H groups in total. The quantitative estimate of drug-likeness (QED) is 0.769. The molecule has 1 aliphatic rings. The SMILES string of the molecule is CSC1(CNc2ccc(N)c(C)c2)CC1. The lowest BCUT2D eigenvalue weighted by Crippen LogP contribution is -2.17. The lowest BCUT2D eigenvalue weighted by atomic mass is 10.2. The average molecular weight is 222 g/mol. The van der Waals surface area contributed by atoms with E-state index in [1.54, 1.807) is 0 Å². The van der Waals surface area contributed by atoms with Gasteiger partial charge in [0.05, 0.1) is 0 Å². The van der Waals surface area contributed by atoms with Crippen LogP contribution in [0.2, 0.25) is 0 Å². The molecule has 1 aromatic carbocycles. The lowest BCUT2D eigenvalue weighted by molar-refractivity contribution is 0.949. The predicted octanol–water partition coefficient (Wildman–Crippen LogP) is 2.88. The molecule has 0 spiro atoms. The fourth-order valence-electron chi connectivity index (χ4n) is 1.64. The summed E-state index contributed by atoms with van der Waals surface area (Å²) in [4.78, 5) is 0. The Labute approximate surface area is 95.6 Å². The number of hydrogen-bond acceptors (Lipinski definition) is 3. The zero-order chi connectivity index (χ0) is 10.9. The van der Waals surface area contributed by atoms with E-state index < -0.39 is 0 Å². The third-order valence-electron chi connectivity index (χ3n) is 3.13. The largest absolute Gasteiger partial charge is 0.399 e. The number of thioether (sulfide) groups is 1. The summed E-state index contributed by atoms with van der Waals surface area (Å²) in [6, 6.07) is 6.14. The third-order valence-corrected chi connectivity index (χ3v) is 4.54. The second kappa shape index (κ2) is 3.97. The van der Waals surface area contributed by atoms with E-state index in [0.717, 1.165) is 17.8 Å². The van der Waals surface area contributed by atoms with E-state index in [-0.39, 0.29) is 0 Å².